The van der Waals surface area contributed by atoms with Gasteiger partial charge in [0, 0.05) is 25.2 Å². The fraction of sp³-hybridized carbons (Fsp3) is 0.292. The highest BCUT2D eigenvalue weighted by atomic mass is 19.1. The molecule has 6 heteroatoms. The average Bonchev–Trinajstić information content (AvgIpc) is 2.79. The number of rotatable bonds is 5. The summed E-state index contributed by atoms with van der Waals surface area (Å²) in [7, 11) is 0. The van der Waals surface area contributed by atoms with E-state index in [-0.39, 0.29) is 17.6 Å². The first-order chi connectivity index (χ1) is 14.6. The number of piperidine rings is 1. The number of hydrogen-bond acceptors (Lipinski definition) is 4. The molecule has 1 amide bonds. The Morgan fingerprint density at radius 3 is 2.53 bits per heavy atom. The maximum absolute atomic E-state index is 13.1. The van der Waals surface area contributed by atoms with Crippen molar-refractivity contribution in [3.05, 3.63) is 77.6 Å². The van der Waals surface area contributed by atoms with Crippen LogP contribution in [0.15, 0.2) is 60.7 Å². The van der Waals surface area contributed by atoms with Crippen molar-refractivity contribution in [3.8, 4) is 11.3 Å². The molecule has 1 aliphatic heterocycles. The summed E-state index contributed by atoms with van der Waals surface area (Å²) in [6.45, 7) is 4.08. The van der Waals surface area contributed by atoms with E-state index < -0.39 is 0 Å². The normalized spacial score (nSPS) is 16.3. The van der Waals surface area contributed by atoms with Crippen LogP contribution in [0, 0.1) is 18.7 Å². The fourth-order valence-corrected chi connectivity index (χ4v) is 3.71. The molecule has 0 radical (unpaired) electrons. The highest BCUT2D eigenvalue weighted by Gasteiger charge is 2.26. The molecule has 1 N–H and O–H groups in total. The van der Waals surface area contributed by atoms with Crippen LogP contribution in [0.5, 0.6) is 0 Å². The van der Waals surface area contributed by atoms with E-state index in [4.69, 9.17) is 0 Å². The standard InChI is InChI=1S/C24H25FN4O/c1-17-4-6-18(7-5-17)15-26-24(30)20-3-2-14-29(16-20)23-13-12-22(27-28-23)19-8-10-21(25)11-9-19/h4-13,20H,2-3,14-16H2,1H3,(H,26,30)/t20-/m1/s1. The molecule has 0 saturated carbocycles. The summed E-state index contributed by atoms with van der Waals surface area (Å²) < 4.78 is 13.1. The molecule has 1 aromatic heterocycles. The predicted molar refractivity (Wildman–Crippen MR) is 115 cm³/mol. The Kier molecular flexibility index (Phi) is 6.02. The van der Waals surface area contributed by atoms with Gasteiger partial charge in [0.2, 0.25) is 5.91 Å². The molecule has 0 unspecified atom stereocenters. The average molecular weight is 404 g/mol. The molecule has 0 spiro atoms. The third-order valence-electron chi connectivity index (χ3n) is 5.49. The minimum Gasteiger partial charge on any atom is -0.354 e. The second kappa shape index (κ2) is 9.03. The van der Waals surface area contributed by atoms with Gasteiger partial charge >= 0.3 is 0 Å². The highest BCUT2D eigenvalue weighted by molar-refractivity contribution is 5.79. The summed E-state index contributed by atoms with van der Waals surface area (Å²) in [5.74, 6) is 0.499. The van der Waals surface area contributed by atoms with Crippen LogP contribution in [-0.4, -0.2) is 29.2 Å². The lowest BCUT2D eigenvalue weighted by atomic mass is 9.97. The second-order valence-electron chi connectivity index (χ2n) is 7.77. The van der Waals surface area contributed by atoms with Gasteiger partial charge in [-0.2, -0.15) is 0 Å². The van der Waals surface area contributed by atoms with Gasteiger partial charge < -0.3 is 10.2 Å². The summed E-state index contributed by atoms with van der Waals surface area (Å²) in [6, 6.07) is 18.2. The van der Waals surface area contributed by atoms with Crippen molar-refractivity contribution in [2.45, 2.75) is 26.3 Å². The van der Waals surface area contributed by atoms with Gasteiger partial charge in [-0.25, -0.2) is 4.39 Å². The van der Waals surface area contributed by atoms with Crippen LogP contribution in [0.4, 0.5) is 10.2 Å². The van der Waals surface area contributed by atoms with Crippen molar-refractivity contribution in [3.63, 3.8) is 0 Å². The lowest BCUT2D eigenvalue weighted by Gasteiger charge is -2.32. The molecule has 1 fully saturated rings. The summed E-state index contributed by atoms with van der Waals surface area (Å²) in [4.78, 5) is 14.8. The van der Waals surface area contributed by atoms with Crippen LogP contribution < -0.4 is 10.2 Å². The number of aromatic nitrogens is 2. The number of hydrogen-bond donors (Lipinski definition) is 1. The van der Waals surface area contributed by atoms with Crippen molar-refractivity contribution in [1.82, 2.24) is 15.5 Å². The molecule has 2 aromatic carbocycles. The summed E-state index contributed by atoms with van der Waals surface area (Å²) in [5, 5.41) is 11.7. The molecule has 154 valence electrons. The maximum atomic E-state index is 13.1. The van der Waals surface area contributed by atoms with Crippen molar-refractivity contribution in [2.75, 3.05) is 18.0 Å². The minimum atomic E-state index is -0.275. The summed E-state index contributed by atoms with van der Waals surface area (Å²) >= 11 is 0. The smallest absolute Gasteiger partial charge is 0.225 e. The highest BCUT2D eigenvalue weighted by Crippen LogP contribution is 2.23. The molecule has 3 aromatic rings. The van der Waals surface area contributed by atoms with Gasteiger partial charge in [0.1, 0.15) is 5.82 Å². The number of carbonyl (C=O) groups is 1. The third-order valence-corrected chi connectivity index (χ3v) is 5.49. The summed E-state index contributed by atoms with van der Waals surface area (Å²) in [6.07, 6.45) is 1.81. The Labute approximate surface area is 176 Å². The van der Waals surface area contributed by atoms with E-state index in [0.717, 1.165) is 36.3 Å². The van der Waals surface area contributed by atoms with Gasteiger partial charge in [0.15, 0.2) is 5.82 Å². The molecule has 1 aliphatic rings. The molecular weight excluding hydrogens is 379 g/mol. The van der Waals surface area contributed by atoms with E-state index >= 15 is 0 Å². The Balaban J connectivity index is 1.36. The summed E-state index contributed by atoms with van der Waals surface area (Å²) in [5.41, 5.74) is 3.83. The van der Waals surface area contributed by atoms with Crippen molar-refractivity contribution in [1.29, 1.82) is 0 Å². The molecule has 30 heavy (non-hydrogen) atoms. The molecule has 0 bridgehead atoms. The first-order valence-corrected chi connectivity index (χ1v) is 10.3. The van der Waals surface area contributed by atoms with Crippen molar-refractivity contribution in [2.24, 2.45) is 5.92 Å². The Morgan fingerprint density at radius 1 is 1.07 bits per heavy atom. The largest absolute Gasteiger partial charge is 0.354 e. The molecule has 1 saturated heterocycles. The van der Waals surface area contributed by atoms with Crippen LogP contribution in [0.3, 0.4) is 0 Å². The topological polar surface area (TPSA) is 58.1 Å². The van der Waals surface area contributed by atoms with Gasteiger partial charge in [-0.1, -0.05) is 29.8 Å². The number of nitrogens with zero attached hydrogens (tertiary/aromatic N) is 3. The number of anilines is 1. The third kappa shape index (κ3) is 4.82. The van der Waals surface area contributed by atoms with Crippen LogP contribution in [-0.2, 0) is 11.3 Å². The van der Waals surface area contributed by atoms with Gasteiger partial charge in [-0.15, -0.1) is 10.2 Å². The van der Waals surface area contributed by atoms with E-state index in [9.17, 15) is 9.18 Å². The van der Waals surface area contributed by atoms with Crippen LogP contribution >= 0.6 is 0 Å². The van der Waals surface area contributed by atoms with E-state index in [1.165, 1.54) is 17.7 Å². The van der Waals surface area contributed by atoms with E-state index in [1.54, 1.807) is 12.1 Å². The second-order valence-corrected chi connectivity index (χ2v) is 7.77. The first-order valence-electron chi connectivity index (χ1n) is 10.3. The lowest BCUT2D eigenvalue weighted by Crippen LogP contribution is -2.43. The first kappa shape index (κ1) is 20.0. The number of nitrogens with one attached hydrogen (secondary N) is 1. The van der Waals surface area contributed by atoms with E-state index in [1.807, 2.05) is 31.2 Å². The van der Waals surface area contributed by atoms with Crippen LogP contribution in [0.1, 0.15) is 24.0 Å². The fourth-order valence-electron chi connectivity index (χ4n) is 3.71. The molecule has 2 heterocycles. The van der Waals surface area contributed by atoms with Crippen LogP contribution in [0.2, 0.25) is 0 Å². The molecule has 4 rings (SSSR count). The molecule has 5 nitrogen and oxygen atoms in total. The Morgan fingerprint density at radius 2 is 1.83 bits per heavy atom. The monoisotopic (exact) mass is 404 g/mol. The van der Waals surface area contributed by atoms with Crippen molar-refractivity contribution >= 4 is 11.7 Å². The number of carbonyl (C=O) groups excluding carboxylic acids is 1. The zero-order chi connectivity index (χ0) is 20.9. The number of aryl methyl sites for hydroxylation is 1. The van der Waals surface area contributed by atoms with Gasteiger partial charge in [0.25, 0.3) is 0 Å². The van der Waals surface area contributed by atoms with Gasteiger partial charge in [0.05, 0.1) is 11.6 Å². The zero-order valence-corrected chi connectivity index (χ0v) is 17.0. The van der Waals surface area contributed by atoms with Crippen molar-refractivity contribution < 1.29 is 9.18 Å². The van der Waals surface area contributed by atoms with Gasteiger partial charge in [-0.3, -0.25) is 4.79 Å². The number of amides is 1. The maximum Gasteiger partial charge on any atom is 0.225 e. The number of benzene rings is 2. The Hall–Kier alpha value is -3.28. The number of halogens is 1. The molecular formula is C24H25FN4O. The Bertz CT molecular complexity index is 987. The minimum absolute atomic E-state index is 0.0669. The molecule has 1 atom stereocenters. The predicted octanol–water partition coefficient (Wildman–Crippen LogP) is 4.12. The SMILES string of the molecule is Cc1ccc(CNC(=O)[C@@H]2CCCN(c3ccc(-c4ccc(F)cc4)nn3)C2)cc1. The van der Waals surface area contributed by atoms with E-state index in [0.29, 0.717) is 18.8 Å². The zero-order valence-electron chi connectivity index (χ0n) is 17.0. The van der Waals surface area contributed by atoms with Gasteiger partial charge in [-0.05, 0) is 61.7 Å². The molecule has 0 aliphatic carbocycles. The quantitative estimate of drug-likeness (QED) is 0.695. The lowest BCUT2D eigenvalue weighted by molar-refractivity contribution is -0.125. The van der Waals surface area contributed by atoms with Crippen LogP contribution in [0.25, 0.3) is 11.3 Å². The van der Waals surface area contributed by atoms with E-state index in [2.05, 4.69) is 32.5 Å².